The van der Waals surface area contributed by atoms with Crippen LogP contribution in [0.15, 0.2) is 0 Å². The van der Waals surface area contributed by atoms with Crippen LogP contribution < -0.4 is 0 Å². The van der Waals surface area contributed by atoms with E-state index in [1.807, 2.05) is 0 Å². The van der Waals surface area contributed by atoms with Crippen LogP contribution in [0, 0.1) is 0 Å². The molecule has 0 amide bonds. The molecule has 0 aliphatic rings. The lowest BCUT2D eigenvalue weighted by Crippen LogP contribution is -1.93. The van der Waals surface area contributed by atoms with Crippen molar-refractivity contribution in [3.05, 3.63) is 0 Å². The van der Waals surface area contributed by atoms with E-state index in [4.69, 9.17) is 4.12 Å². The Morgan fingerprint density at radius 3 is 1.73 bits per heavy atom. The summed E-state index contributed by atoms with van der Waals surface area (Å²) in [5.41, 5.74) is 0. The highest BCUT2D eigenvalue weighted by Gasteiger charge is 1.92. The molecule has 0 aromatic heterocycles. The van der Waals surface area contributed by atoms with Crippen molar-refractivity contribution in [1.82, 2.24) is 0 Å². The molecule has 0 aliphatic heterocycles. The van der Waals surface area contributed by atoms with Crippen molar-refractivity contribution >= 4 is 20.2 Å². The van der Waals surface area contributed by atoms with Crippen molar-refractivity contribution in [2.24, 2.45) is 0 Å². The predicted molar refractivity (Wildman–Crippen MR) is 76.2 cm³/mol. The van der Waals surface area contributed by atoms with Gasteiger partial charge in [-0.15, -0.1) is 0 Å². The van der Waals surface area contributed by atoms with Crippen molar-refractivity contribution in [1.29, 1.82) is 0 Å². The van der Waals surface area contributed by atoms with Crippen molar-refractivity contribution in [2.45, 2.75) is 77.2 Å². The Morgan fingerprint density at radius 2 is 1.27 bits per heavy atom. The molecule has 0 fully saturated rings. The second-order valence-electron chi connectivity index (χ2n) is 4.53. The van der Waals surface area contributed by atoms with Gasteiger partial charge in [0.05, 0.1) is 0 Å². The van der Waals surface area contributed by atoms with Gasteiger partial charge < -0.3 is 4.12 Å². The van der Waals surface area contributed by atoms with Gasteiger partial charge in [-0.2, -0.15) is 0 Å². The molecule has 0 N–H and O–H groups in total. The fourth-order valence-corrected chi connectivity index (χ4v) is 3.62. The van der Waals surface area contributed by atoms with Gasteiger partial charge in [-0.25, -0.2) is 0 Å². The average molecular weight is 247 g/mol. The minimum absolute atomic E-state index is 0.0701. The molecule has 3 heteroatoms. The molecule has 0 aliphatic carbocycles. The van der Waals surface area contributed by atoms with Crippen molar-refractivity contribution in [3.63, 3.8) is 0 Å². The molecule has 0 radical (unpaired) electrons. The van der Waals surface area contributed by atoms with Gasteiger partial charge in [0.2, 0.25) is 0 Å². The Balaban J connectivity index is 2.81. The maximum Gasteiger partial charge on any atom is 0.145 e. The lowest BCUT2D eigenvalue weighted by molar-refractivity contribution is 0.559. The fourth-order valence-electron chi connectivity index (χ4n) is 1.91. The molecule has 1 nitrogen and oxygen atoms in total. The highest BCUT2D eigenvalue weighted by Crippen LogP contribution is 2.11. The molecular weight excluding hydrogens is 216 g/mol. The van der Waals surface area contributed by atoms with Crippen LogP contribution in [0.5, 0.6) is 0 Å². The summed E-state index contributed by atoms with van der Waals surface area (Å²) in [4.78, 5) is 0. The van der Waals surface area contributed by atoms with Gasteiger partial charge in [-0.05, 0) is 6.04 Å². The van der Waals surface area contributed by atoms with Crippen LogP contribution in [0.1, 0.15) is 71.1 Å². The summed E-state index contributed by atoms with van der Waals surface area (Å²) >= 11 is 0. The van der Waals surface area contributed by atoms with Gasteiger partial charge >= 0.3 is 0 Å². The molecule has 0 aromatic rings. The second kappa shape index (κ2) is 14.4. The summed E-state index contributed by atoms with van der Waals surface area (Å²) in [6.07, 6.45) is 14.5. The monoisotopic (exact) mass is 246 g/mol. The highest BCUT2D eigenvalue weighted by molar-refractivity contribution is 6.34. The molecule has 0 unspecified atom stereocenters. The minimum Gasteiger partial charge on any atom is -0.468 e. The van der Waals surface area contributed by atoms with E-state index in [2.05, 4.69) is 6.92 Å². The molecule has 0 atom stereocenters. The number of rotatable bonds is 12. The molecule has 0 rings (SSSR count). The third-order valence-corrected chi connectivity index (χ3v) is 5.37. The zero-order valence-electron chi connectivity index (χ0n) is 10.9. The molecule has 0 spiro atoms. The van der Waals surface area contributed by atoms with E-state index in [9.17, 15) is 0 Å². The molecule has 0 saturated heterocycles. The first kappa shape index (κ1) is 15.4. The van der Waals surface area contributed by atoms with E-state index < -0.39 is 0 Å². The molecule has 0 heterocycles. The Hall–Kier alpha value is 0.394. The van der Waals surface area contributed by atoms with Gasteiger partial charge in [0.15, 0.2) is 0 Å². The average Bonchev–Trinajstić information content (AvgIpc) is 2.26. The topological polar surface area (TPSA) is 9.23 Å². The molecule has 0 saturated carbocycles. The van der Waals surface area contributed by atoms with Crippen LogP contribution >= 0.6 is 0 Å². The van der Waals surface area contributed by atoms with Gasteiger partial charge in [-0.1, -0.05) is 71.1 Å². The lowest BCUT2D eigenvalue weighted by Gasteiger charge is -2.01. The molecule has 15 heavy (non-hydrogen) atoms. The first-order valence-electron chi connectivity index (χ1n) is 6.90. The highest BCUT2D eigenvalue weighted by atomic mass is 28.3. The van der Waals surface area contributed by atoms with Crippen LogP contribution in [0.3, 0.4) is 0 Å². The maximum absolute atomic E-state index is 5.30. The predicted octanol–water partition coefficient (Wildman–Crippen LogP) is 2.71. The van der Waals surface area contributed by atoms with Gasteiger partial charge in [0.1, 0.15) is 20.2 Å². The third kappa shape index (κ3) is 14.4. The zero-order chi connectivity index (χ0) is 11.2. The summed E-state index contributed by atoms with van der Waals surface area (Å²) < 4.78 is 5.30. The summed E-state index contributed by atoms with van der Waals surface area (Å²) in [6.45, 7) is 2.28. The van der Waals surface area contributed by atoms with E-state index in [-0.39, 0.29) is 9.76 Å². The maximum atomic E-state index is 5.30. The zero-order valence-corrected chi connectivity index (χ0v) is 14.3. The Kier molecular flexibility index (Phi) is 14.8. The second-order valence-corrected chi connectivity index (χ2v) is 7.95. The van der Waals surface area contributed by atoms with Crippen LogP contribution in [0.4, 0.5) is 0 Å². The quantitative estimate of drug-likeness (QED) is 0.380. The van der Waals surface area contributed by atoms with Crippen LogP contribution in [-0.2, 0) is 4.12 Å². The van der Waals surface area contributed by atoms with Gasteiger partial charge in [-0.3, -0.25) is 0 Å². The summed E-state index contributed by atoms with van der Waals surface area (Å²) in [5, 5.41) is 0. The van der Waals surface area contributed by atoms with Gasteiger partial charge in [0, 0.05) is 0 Å². The van der Waals surface area contributed by atoms with Crippen molar-refractivity contribution in [3.8, 4) is 0 Å². The van der Waals surface area contributed by atoms with Crippen LogP contribution in [-0.4, -0.2) is 20.2 Å². The standard InChI is InChI=1S/C12H30OSi2/c1-2-3-4-5-6-7-8-9-10-11-12-15-13-14/h2-12,15H2,1,14H3. The third-order valence-electron chi connectivity index (χ3n) is 2.95. The van der Waals surface area contributed by atoms with Crippen molar-refractivity contribution < 1.29 is 4.12 Å². The number of hydrogen-bond donors (Lipinski definition) is 0. The van der Waals surface area contributed by atoms with E-state index in [0.29, 0.717) is 0 Å². The number of hydrogen-bond acceptors (Lipinski definition) is 1. The van der Waals surface area contributed by atoms with Crippen LogP contribution in [0.25, 0.3) is 0 Å². The van der Waals surface area contributed by atoms with E-state index >= 15 is 0 Å². The van der Waals surface area contributed by atoms with E-state index in [1.165, 1.54) is 70.3 Å². The molecule has 0 aromatic carbocycles. The molecular formula is C12H30OSi2. The Morgan fingerprint density at radius 1 is 0.800 bits per heavy atom. The minimum atomic E-state index is -0.0701. The first-order valence-corrected chi connectivity index (χ1v) is 9.30. The molecule has 92 valence electrons. The summed E-state index contributed by atoms with van der Waals surface area (Å²) in [5.74, 6) is 0. The molecule has 0 bridgehead atoms. The fraction of sp³-hybridized carbons (Fsp3) is 1.00. The smallest absolute Gasteiger partial charge is 0.145 e. The first-order chi connectivity index (χ1) is 7.41. The van der Waals surface area contributed by atoms with Crippen LogP contribution in [0.2, 0.25) is 6.04 Å². The van der Waals surface area contributed by atoms with Crippen molar-refractivity contribution in [2.75, 3.05) is 0 Å². The number of unbranched alkanes of at least 4 members (excludes halogenated alkanes) is 9. The summed E-state index contributed by atoms with van der Waals surface area (Å²) in [6, 6.07) is 1.42. The largest absolute Gasteiger partial charge is 0.468 e. The Bertz CT molecular complexity index is 97.8. The Labute approximate surface area is 102 Å². The van der Waals surface area contributed by atoms with E-state index in [1.54, 1.807) is 0 Å². The van der Waals surface area contributed by atoms with E-state index in [0.717, 1.165) is 10.5 Å². The normalized spacial score (nSPS) is 11.8. The lowest BCUT2D eigenvalue weighted by atomic mass is 10.1. The summed E-state index contributed by atoms with van der Waals surface area (Å²) in [7, 11) is 0.902. The van der Waals surface area contributed by atoms with Gasteiger partial charge in [0.25, 0.3) is 0 Å². The SMILES string of the molecule is CCCCCCCCCCCC[SiH2]O[SiH3].